The van der Waals surface area contributed by atoms with Crippen molar-refractivity contribution in [3.05, 3.63) is 65.7 Å². The molecule has 1 N–H and O–H groups in total. The first kappa shape index (κ1) is 20.7. The molecule has 0 aliphatic heterocycles. The lowest BCUT2D eigenvalue weighted by Crippen LogP contribution is -2.41. The van der Waals surface area contributed by atoms with Crippen LogP contribution in [0.2, 0.25) is 0 Å². The Morgan fingerprint density at radius 3 is 2.22 bits per heavy atom. The fourth-order valence-corrected chi connectivity index (χ4v) is 3.07. The lowest BCUT2D eigenvalue weighted by atomic mass is 9.85. The quantitative estimate of drug-likeness (QED) is 0.751. The highest BCUT2D eigenvalue weighted by atomic mass is 16.2. The normalized spacial score (nSPS) is 11.1. The number of hydrogen-bond acceptors (Lipinski definition) is 2. The van der Waals surface area contributed by atoms with Crippen LogP contribution in [0.1, 0.15) is 45.2 Å². The van der Waals surface area contributed by atoms with Crippen molar-refractivity contribution < 1.29 is 9.59 Å². The molecule has 0 heterocycles. The van der Waals surface area contributed by atoms with Gasteiger partial charge in [-0.25, -0.2) is 0 Å². The number of para-hydroxylation sites is 1. The number of nitrogens with one attached hydrogen (secondary N) is 1. The largest absolute Gasteiger partial charge is 0.355 e. The molecule has 4 heteroatoms. The standard InChI is InChI=1S/C23H30N2O2/c1-18(26)25(21-15-9-8-14-20(21)23(2,3)4)17-22(27)24-16-10-13-19-11-6-5-7-12-19/h5-9,11-12,14-15H,10,13,16-17H2,1-4H3,(H,24,27). The van der Waals surface area contributed by atoms with E-state index in [1.54, 1.807) is 4.90 Å². The zero-order valence-corrected chi connectivity index (χ0v) is 16.8. The molecule has 0 bridgehead atoms. The van der Waals surface area contributed by atoms with E-state index in [-0.39, 0.29) is 23.8 Å². The van der Waals surface area contributed by atoms with Crippen molar-refractivity contribution in [2.45, 2.75) is 46.0 Å². The summed E-state index contributed by atoms with van der Waals surface area (Å²) in [7, 11) is 0. The molecule has 2 aromatic carbocycles. The third-order valence-corrected chi connectivity index (χ3v) is 4.49. The highest BCUT2D eigenvalue weighted by molar-refractivity contribution is 5.98. The molecule has 144 valence electrons. The Balaban J connectivity index is 1.96. The molecule has 0 radical (unpaired) electrons. The maximum Gasteiger partial charge on any atom is 0.240 e. The monoisotopic (exact) mass is 366 g/mol. The first-order chi connectivity index (χ1) is 12.8. The van der Waals surface area contributed by atoms with Crippen molar-refractivity contribution in [2.24, 2.45) is 0 Å². The number of amides is 2. The predicted molar refractivity (Wildman–Crippen MR) is 111 cm³/mol. The molecule has 0 saturated heterocycles. The van der Waals surface area contributed by atoms with Gasteiger partial charge in [-0.05, 0) is 35.4 Å². The summed E-state index contributed by atoms with van der Waals surface area (Å²) >= 11 is 0. The van der Waals surface area contributed by atoms with Crippen molar-refractivity contribution in [2.75, 3.05) is 18.0 Å². The van der Waals surface area contributed by atoms with Crippen LogP contribution in [-0.4, -0.2) is 24.9 Å². The van der Waals surface area contributed by atoms with E-state index in [9.17, 15) is 9.59 Å². The second-order valence-electron chi connectivity index (χ2n) is 7.81. The number of aryl methyl sites for hydroxylation is 1. The molecule has 4 nitrogen and oxygen atoms in total. The SMILES string of the molecule is CC(=O)N(CC(=O)NCCCc1ccccc1)c1ccccc1C(C)(C)C. The molecular weight excluding hydrogens is 336 g/mol. The van der Waals surface area contributed by atoms with E-state index < -0.39 is 0 Å². The Morgan fingerprint density at radius 2 is 1.59 bits per heavy atom. The van der Waals surface area contributed by atoms with E-state index in [1.165, 1.54) is 12.5 Å². The van der Waals surface area contributed by atoms with E-state index in [4.69, 9.17) is 0 Å². The van der Waals surface area contributed by atoms with Gasteiger partial charge in [0, 0.05) is 19.2 Å². The van der Waals surface area contributed by atoms with E-state index >= 15 is 0 Å². The minimum atomic E-state index is -0.137. The molecule has 0 fully saturated rings. The third kappa shape index (κ3) is 6.24. The molecule has 2 aromatic rings. The van der Waals surface area contributed by atoms with Crippen LogP contribution in [-0.2, 0) is 21.4 Å². The summed E-state index contributed by atoms with van der Waals surface area (Å²) in [6.45, 7) is 8.45. The smallest absolute Gasteiger partial charge is 0.240 e. The van der Waals surface area contributed by atoms with Crippen LogP contribution < -0.4 is 10.2 Å². The highest BCUT2D eigenvalue weighted by Gasteiger charge is 2.24. The molecule has 0 spiro atoms. The molecule has 0 aliphatic rings. The zero-order chi connectivity index (χ0) is 19.9. The molecule has 2 rings (SSSR count). The van der Waals surface area contributed by atoms with Gasteiger partial charge < -0.3 is 10.2 Å². The summed E-state index contributed by atoms with van der Waals surface area (Å²) in [5.74, 6) is -0.270. The van der Waals surface area contributed by atoms with Crippen LogP contribution >= 0.6 is 0 Å². The number of rotatable bonds is 7. The number of carbonyl (C=O) groups is 2. The first-order valence-electron chi connectivity index (χ1n) is 9.47. The van der Waals surface area contributed by atoms with Crippen molar-refractivity contribution >= 4 is 17.5 Å². The minimum absolute atomic E-state index is 0.0355. The molecule has 0 aromatic heterocycles. The number of hydrogen-bond donors (Lipinski definition) is 1. The molecule has 0 unspecified atom stereocenters. The lowest BCUT2D eigenvalue weighted by molar-refractivity contribution is -0.123. The summed E-state index contributed by atoms with van der Waals surface area (Å²) < 4.78 is 0. The summed E-state index contributed by atoms with van der Waals surface area (Å²) in [4.78, 5) is 26.2. The van der Waals surface area contributed by atoms with Crippen LogP contribution in [0.4, 0.5) is 5.69 Å². The minimum Gasteiger partial charge on any atom is -0.355 e. The third-order valence-electron chi connectivity index (χ3n) is 4.49. The summed E-state index contributed by atoms with van der Waals surface area (Å²) in [5.41, 5.74) is 3.00. The van der Waals surface area contributed by atoms with E-state index in [2.05, 4.69) is 38.2 Å². The average molecular weight is 367 g/mol. The Kier molecular flexibility index (Phi) is 7.17. The Hall–Kier alpha value is -2.62. The van der Waals surface area contributed by atoms with E-state index in [0.717, 1.165) is 24.1 Å². The summed E-state index contributed by atoms with van der Waals surface area (Å²) in [5, 5.41) is 2.93. The second kappa shape index (κ2) is 9.36. The van der Waals surface area contributed by atoms with Gasteiger partial charge in [0.25, 0.3) is 0 Å². The topological polar surface area (TPSA) is 49.4 Å². The van der Waals surface area contributed by atoms with Crippen molar-refractivity contribution in [3.8, 4) is 0 Å². The van der Waals surface area contributed by atoms with Gasteiger partial charge in [-0.15, -0.1) is 0 Å². The fraction of sp³-hybridized carbons (Fsp3) is 0.391. The van der Waals surface area contributed by atoms with Crippen LogP contribution in [0, 0.1) is 0 Å². The predicted octanol–water partition coefficient (Wildman–Crippen LogP) is 4.09. The van der Waals surface area contributed by atoms with Crippen LogP contribution in [0.15, 0.2) is 54.6 Å². The second-order valence-corrected chi connectivity index (χ2v) is 7.81. The van der Waals surface area contributed by atoms with Gasteiger partial charge >= 0.3 is 0 Å². The fourth-order valence-electron chi connectivity index (χ4n) is 3.07. The molecule has 27 heavy (non-hydrogen) atoms. The molecular formula is C23H30N2O2. The van der Waals surface area contributed by atoms with E-state index in [0.29, 0.717) is 6.54 Å². The van der Waals surface area contributed by atoms with Crippen LogP contribution in [0.25, 0.3) is 0 Å². The maximum absolute atomic E-state index is 12.4. The highest BCUT2D eigenvalue weighted by Crippen LogP contribution is 2.31. The molecule has 0 atom stereocenters. The Labute approximate surface area is 162 Å². The lowest BCUT2D eigenvalue weighted by Gasteiger charge is -2.29. The van der Waals surface area contributed by atoms with Crippen LogP contribution in [0.3, 0.4) is 0 Å². The summed E-state index contributed by atoms with van der Waals surface area (Å²) in [6, 6.07) is 18.0. The Morgan fingerprint density at radius 1 is 0.963 bits per heavy atom. The van der Waals surface area contributed by atoms with Gasteiger partial charge in [-0.2, -0.15) is 0 Å². The van der Waals surface area contributed by atoms with Gasteiger partial charge in [-0.3, -0.25) is 9.59 Å². The molecule has 0 saturated carbocycles. The summed E-state index contributed by atoms with van der Waals surface area (Å²) in [6.07, 6.45) is 1.79. The van der Waals surface area contributed by atoms with Crippen LogP contribution in [0.5, 0.6) is 0 Å². The van der Waals surface area contributed by atoms with Gasteiger partial charge in [-0.1, -0.05) is 69.3 Å². The molecule has 2 amide bonds. The average Bonchev–Trinajstić information content (AvgIpc) is 2.63. The number of benzene rings is 2. The van der Waals surface area contributed by atoms with E-state index in [1.807, 2.05) is 42.5 Å². The van der Waals surface area contributed by atoms with Gasteiger partial charge in [0.1, 0.15) is 6.54 Å². The number of anilines is 1. The van der Waals surface area contributed by atoms with Crippen molar-refractivity contribution in [3.63, 3.8) is 0 Å². The van der Waals surface area contributed by atoms with Gasteiger partial charge in [0.2, 0.25) is 11.8 Å². The van der Waals surface area contributed by atoms with Gasteiger partial charge in [0.15, 0.2) is 0 Å². The van der Waals surface area contributed by atoms with Crippen molar-refractivity contribution in [1.29, 1.82) is 0 Å². The Bertz CT molecular complexity index is 763. The zero-order valence-electron chi connectivity index (χ0n) is 16.8. The van der Waals surface area contributed by atoms with Crippen molar-refractivity contribution in [1.82, 2.24) is 5.32 Å². The number of nitrogens with zero attached hydrogens (tertiary/aromatic N) is 1. The first-order valence-corrected chi connectivity index (χ1v) is 9.47. The van der Waals surface area contributed by atoms with Gasteiger partial charge in [0.05, 0.1) is 0 Å². The molecule has 0 aliphatic carbocycles. The number of carbonyl (C=O) groups excluding carboxylic acids is 2. The maximum atomic E-state index is 12.4.